The van der Waals surface area contributed by atoms with Gasteiger partial charge in [0.25, 0.3) is 11.5 Å². The first-order valence-corrected chi connectivity index (χ1v) is 15.7. The number of anilines is 1. The van der Waals surface area contributed by atoms with Crippen LogP contribution in [0, 0.1) is 5.92 Å². The second-order valence-electron chi connectivity index (χ2n) is 11.2. The first kappa shape index (κ1) is 32.9. The largest absolute Gasteiger partial charge is 0.491 e. The monoisotopic (exact) mass is 685 g/mol. The van der Waals surface area contributed by atoms with Crippen LogP contribution in [0.2, 0.25) is 0 Å². The molecule has 0 aliphatic carbocycles. The maximum Gasteiger partial charge on any atom is 0.297 e. The molecule has 0 spiro atoms. The van der Waals surface area contributed by atoms with E-state index in [0.717, 1.165) is 11.1 Å². The average Bonchev–Trinajstić information content (AvgIpc) is 3.27. The Hall–Kier alpha value is -4.51. The Bertz CT molecular complexity index is 1810. The van der Waals surface area contributed by atoms with Crippen molar-refractivity contribution in [3.63, 3.8) is 0 Å². The zero-order chi connectivity index (χ0) is 32.8. The minimum atomic E-state index is -1.88. The Morgan fingerprint density at radius 3 is 2.52 bits per heavy atom. The molecule has 238 valence electrons. The Balaban J connectivity index is 1.37. The number of hydrogen-bond acceptors (Lipinski definition) is 6. The topological polar surface area (TPSA) is 112 Å². The summed E-state index contributed by atoms with van der Waals surface area (Å²) in [5.74, 6) is -1.12. The van der Waals surface area contributed by atoms with Crippen molar-refractivity contribution in [3.8, 4) is 11.4 Å². The van der Waals surface area contributed by atoms with Crippen LogP contribution >= 0.6 is 15.9 Å². The van der Waals surface area contributed by atoms with Crippen LogP contribution in [0.1, 0.15) is 30.0 Å². The molecule has 10 heteroatoms. The molecule has 1 aliphatic heterocycles. The van der Waals surface area contributed by atoms with Gasteiger partial charge in [0.1, 0.15) is 0 Å². The fourth-order valence-electron chi connectivity index (χ4n) is 5.75. The molecule has 2 N–H and O–H groups in total. The van der Waals surface area contributed by atoms with Crippen LogP contribution in [0.15, 0.2) is 113 Å². The molecule has 1 aromatic heterocycles. The van der Waals surface area contributed by atoms with Crippen LogP contribution < -0.4 is 15.2 Å². The number of amides is 2. The lowest BCUT2D eigenvalue weighted by atomic mass is 9.83. The highest BCUT2D eigenvalue weighted by Gasteiger charge is 2.52. The molecular formula is C36H36BrN3O6. The summed E-state index contributed by atoms with van der Waals surface area (Å²) in [6, 6.07) is 25.5. The van der Waals surface area contributed by atoms with E-state index in [0.29, 0.717) is 28.0 Å². The van der Waals surface area contributed by atoms with Gasteiger partial charge in [0, 0.05) is 47.3 Å². The zero-order valence-corrected chi connectivity index (χ0v) is 27.3. The standard InChI is InChI=1S/C36H36BrN3O6/c1-25(9-6-15-33(42)38(19-20-41)23-26-10-4-3-5-11-26)36(45)30-22-28(37)16-17-31(30)40(35(36)44)24-27-12-7-13-29(21-27)39-18-8-14-32(46-2)34(39)43/h3-14,16-18,21-22,25,41,45H,15,19-20,23-24H2,1-2H3/b9-6+/t25-,36+/m1/s1. The molecule has 2 atom stereocenters. The summed E-state index contributed by atoms with van der Waals surface area (Å²) in [6.07, 6.45) is 5.07. The van der Waals surface area contributed by atoms with Crippen molar-refractivity contribution in [3.05, 3.63) is 135 Å². The van der Waals surface area contributed by atoms with E-state index in [2.05, 4.69) is 15.9 Å². The smallest absolute Gasteiger partial charge is 0.297 e. The number of pyridine rings is 1. The van der Waals surface area contributed by atoms with Gasteiger partial charge < -0.3 is 24.7 Å². The molecule has 0 saturated heterocycles. The first-order valence-electron chi connectivity index (χ1n) is 15.0. The first-order chi connectivity index (χ1) is 22.2. The van der Waals surface area contributed by atoms with Crippen molar-refractivity contribution >= 4 is 33.4 Å². The Labute approximate surface area is 276 Å². The quantitative estimate of drug-likeness (QED) is 0.204. The predicted octanol–water partition coefficient (Wildman–Crippen LogP) is 4.95. The molecule has 0 unspecified atom stereocenters. The van der Waals surface area contributed by atoms with Crippen molar-refractivity contribution in [2.24, 2.45) is 5.92 Å². The lowest BCUT2D eigenvalue weighted by molar-refractivity contribution is -0.139. The third-order valence-corrected chi connectivity index (χ3v) is 8.70. The third-order valence-electron chi connectivity index (χ3n) is 8.21. The van der Waals surface area contributed by atoms with E-state index in [1.165, 1.54) is 11.7 Å². The molecule has 2 heterocycles. The van der Waals surface area contributed by atoms with E-state index in [-0.39, 0.29) is 43.3 Å². The SMILES string of the molecule is COc1cccn(-c2cccc(CN3C(=O)[C@](O)([C@H](C)/C=C/CC(=O)N(CCO)Cc4ccccc4)c4cc(Br)ccc43)c2)c1=O. The van der Waals surface area contributed by atoms with Crippen molar-refractivity contribution in [2.45, 2.75) is 32.0 Å². The maximum atomic E-state index is 14.1. The highest BCUT2D eigenvalue weighted by molar-refractivity contribution is 9.10. The summed E-state index contributed by atoms with van der Waals surface area (Å²) in [4.78, 5) is 43.1. The van der Waals surface area contributed by atoms with E-state index < -0.39 is 17.4 Å². The molecule has 3 aromatic carbocycles. The molecule has 0 saturated carbocycles. The third kappa shape index (κ3) is 6.69. The fraction of sp³-hybridized carbons (Fsp3) is 0.250. The molecule has 2 amide bonds. The lowest BCUT2D eigenvalue weighted by Crippen LogP contribution is -2.44. The Morgan fingerprint density at radius 2 is 1.78 bits per heavy atom. The second-order valence-corrected chi connectivity index (χ2v) is 12.1. The van der Waals surface area contributed by atoms with Crippen LogP contribution in [-0.4, -0.2) is 51.8 Å². The number of fused-ring (bicyclic) bond motifs is 1. The predicted molar refractivity (Wildman–Crippen MR) is 180 cm³/mol. The summed E-state index contributed by atoms with van der Waals surface area (Å²) in [5.41, 5.74) is 1.18. The molecule has 0 fully saturated rings. The molecular weight excluding hydrogens is 650 g/mol. The van der Waals surface area contributed by atoms with Crippen LogP contribution in [0.4, 0.5) is 5.69 Å². The van der Waals surface area contributed by atoms with Crippen LogP contribution in [0.5, 0.6) is 5.75 Å². The molecule has 46 heavy (non-hydrogen) atoms. The number of rotatable bonds is 12. The molecule has 9 nitrogen and oxygen atoms in total. The van der Waals surface area contributed by atoms with Crippen LogP contribution in [0.25, 0.3) is 5.69 Å². The number of aliphatic hydroxyl groups excluding tert-OH is 1. The van der Waals surface area contributed by atoms with Crippen molar-refractivity contribution in [1.29, 1.82) is 0 Å². The minimum absolute atomic E-state index is 0.0485. The van der Waals surface area contributed by atoms with Crippen molar-refractivity contribution in [2.75, 3.05) is 25.2 Å². The number of benzene rings is 3. The Morgan fingerprint density at radius 1 is 1.02 bits per heavy atom. The summed E-state index contributed by atoms with van der Waals surface area (Å²) >= 11 is 3.48. The van der Waals surface area contributed by atoms with Gasteiger partial charge in [0.2, 0.25) is 5.91 Å². The van der Waals surface area contributed by atoms with Gasteiger partial charge in [0.15, 0.2) is 11.4 Å². The number of carbonyl (C=O) groups excluding carboxylic acids is 2. The van der Waals surface area contributed by atoms with E-state index in [1.54, 1.807) is 65.4 Å². The van der Waals surface area contributed by atoms with Crippen molar-refractivity contribution < 1.29 is 24.5 Å². The number of nitrogens with zero attached hydrogens (tertiary/aromatic N) is 3. The van der Waals surface area contributed by atoms with Crippen LogP contribution in [-0.2, 0) is 28.3 Å². The number of ether oxygens (including phenoxy) is 1. The highest BCUT2D eigenvalue weighted by Crippen LogP contribution is 2.46. The van der Waals surface area contributed by atoms with Gasteiger partial charge in [-0.25, -0.2) is 0 Å². The second kappa shape index (κ2) is 14.3. The van der Waals surface area contributed by atoms with Gasteiger partial charge in [-0.2, -0.15) is 0 Å². The van der Waals surface area contributed by atoms with Crippen molar-refractivity contribution in [1.82, 2.24) is 9.47 Å². The zero-order valence-electron chi connectivity index (χ0n) is 25.7. The summed E-state index contributed by atoms with van der Waals surface area (Å²) in [6.45, 7) is 2.32. The highest BCUT2D eigenvalue weighted by atomic mass is 79.9. The van der Waals surface area contributed by atoms with Crippen LogP contribution in [0.3, 0.4) is 0 Å². The molecule has 4 aromatic rings. The van der Waals surface area contributed by atoms with Gasteiger partial charge in [-0.1, -0.05) is 77.5 Å². The maximum absolute atomic E-state index is 14.1. The Kier molecular flexibility index (Phi) is 10.2. The van der Waals surface area contributed by atoms with Gasteiger partial charge in [0.05, 0.1) is 25.9 Å². The minimum Gasteiger partial charge on any atom is -0.491 e. The van der Waals surface area contributed by atoms with E-state index in [9.17, 15) is 24.6 Å². The van der Waals surface area contributed by atoms with Gasteiger partial charge in [-0.15, -0.1) is 0 Å². The summed E-state index contributed by atoms with van der Waals surface area (Å²) in [7, 11) is 1.44. The van der Waals surface area contributed by atoms with Gasteiger partial charge in [-0.05, 0) is 53.6 Å². The molecule has 5 rings (SSSR count). The number of halogens is 1. The summed E-state index contributed by atoms with van der Waals surface area (Å²) in [5, 5.41) is 21.6. The fourth-order valence-corrected chi connectivity index (χ4v) is 6.12. The number of aliphatic hydroxyl groups is 2. The molecule has 0 radical (unpaired) electrons. The number of aromatic nitrogens is 1. The van der Waals surface area contributed by atoms with E-state index in [4.69, 9.17) is 4.74 Å². The normalized spacial score (nSPS) is 16.5. The van der Waals surface area contributed by atoms with E-state index >= 15 is 0 Å². The number of carbonyl (C=O) groups is 2. The molecule has 1 aliphatic rings. The van der Waals surface area contributed by atoms with Gasteiger partial charge >= 0.3 is 0 Å². The molecule has 0 bridgehead atoms. The lowest BCUT2D eigenvalue weighted by Gasteiger charge is -2.28. The van der Waals surface area contributed by atoms with Gasteiger partial charge in [-0.3, -0.25) is 19.0 Å². The average molecular weight is 687 g/mol. The van der Waals surface area contributed by atoms with E-state index in [1.807, 2.05) is 54.6 Å². The number of hydrogen-bond donors (Lipinski definition) is 2. The number of methoxy groups -OCH3 is 1. The summed E-state index contributed by atoms with van der Waals surface area (Å²) < 4.78 is 7.38.